The quantitative estimate of drug-likeness (QED) is 0.894. The van der Waals surface area contributed by atoms with E-state index in [1.54, 1.807) is 13.3 Å². The molecule has 0 aliphatic carbocycles. The molecule has 1 aromatic rings. The number of ether oxygens (including phenoxy) is 1. The Morgan fingerprint density at radius 2 is 2.25 bits per heavy atom. The minimum atomic E-state index is 0.160. The zero-order valence-corrected chi connectivity index (χ0v) is 12.3. The van der Waals surface area contributed by atoms with Crippen LogP contribution in [0.25, 0.3) is 0 Å². The number of carbonyl (C=O) groups excluding carboxylic acids is 1. The molecule has 1 amide bonds. The number of nitrogens with one attached hydrogen (secondary N) is 1. The van der Waals surface area contributed by atoms with Crippen molar-refractivity contribution in [1.29, 1.82) is 0 Å². The summed E-state index contributed by atoms with van der Waals surface area (Å²) in [6.45, 7) is 2.00. The summed E-state index contributed by atoms with van der Waals surface area (Å²) in [5, 5.41) is 3.68. The van der Waals surface area contributed by atoms with Gasteiger partial charge in [-0.1, -0.05) is 11.6 Å². The highest BCUT2D eigenvalue weighted by Gasteiger charge is 2.22. The lowest BCUT2D eigenvalue weighted by Gasteiger charge is -2.32. The fourth-order valence-electron chi connectivity index (χ4n) is 2.24. The number of nitrogens with zero attached hydrogens (tertiary/aromatic N) is 3. The van der Waals surface area contributed by atoms with Gasteiger partial charge >= 0.3 is 0 Å². The maximum absolute atomic E-state index is 11.9. The Morgan fingerprint density at radius 3 is 2.90 bits per heavy atom. The van der Waals surface area contributed by atoms with Crippen LogP contribution in [0.4, 0.5) is 5.82 Å². The molecule has 0 spiro atoms. The van der Waals surface area contributed by atoms with Gasteiger partial charge in [-0.25, -0.2) is 4.98 Å². The van der Waals surface area contributed by atoms with Gasteiger partial charge in [0.25, 0.3) is 0 Å². The molecule has 1 fully saturated rings. The molecule has 110 valence electrons. The molecule has 0 aromatic carbocycles. The largest absolute Gasteiger partial charge is 0.384 e. The molecule has 0 atom stereocenters. The van der Waals surface area contributed by atoms with Crippen LogP contribution in [0.1, 0.15) is 19.3 Å². The van der Waals surface area contributed by atoms with Gasteiger partial charge in [-0.05, 0) is 12.8 Å². The van der Waals surface area contributed by atoms with Crippen LogP contribution in [0.3, 0.4) is 0 Å². The number of hydrogen-bond donors (Lipinski definition) is 1. The Balaban J connectivity index is 1.78. The van der Waals surface area contributed by atoms with E-state index < -0.39 is 0 Å². The summed E-state index contributed by atoms with van der Waals surface area (Å²) in [5.41, 5.74) is 0. The SMILES string of the molecule is COCCC(=O)N1CCC(Nc2cncc(Cl)n2)CC1. The van der Waals surface area contributed by atoms with Crippen molar-refractivity contribution >= 4 is 23.3 Å². The monoisotopic (exact) mass is 298 g/mol. The molecular formula is C13H19ClN4O2. The second-order valence-corrected chi connectivity index (χ2v) is 5.16. The maximum atomic E-state index is 11.9. The lowest BCUT2D eigenvalue weighted by atomic mass is 10.0. The molecule has 7 heteroatoms. The molecule has 2 rings (SSSR count). The maximum Gasteiger partial charge on any atom is 0.224 e. The fraction of sp³-hybridized carbons (Fsp3) is 0.615. The summed E-state index contributed by atoms with van der Waals surface area (Å²) in [7, 11) is 1.61. The van der Waals surface area contributed by atoms with Crippen LogP contribution in [0.2, 0.25) is 5.15 Å². The lowest BCUT2D eigenvalue weighted by molar-refractivity contribution is -0.133. The Hall–Kier alpha value is -1.40. The molecule has 0 radical (unpaired) electrons. The van der Waals surface area contributed by atoms with Crippen molar-refractivity contribution < 1.29 is 9.53 Å². The topological polar surface area (TPSA) is 67.3 Å². The summed E-state index contributed by atoms with van der Waals surface area (Å²) in [6, 6.07) is 0.300. The molecule has 2 heterocycles. The minimum Gasteiger partial charge on any atom is -0.384 e. The van der Waals surface area contributed by atoms with Gasteiger partial charge in [-0.2, -0.15) is 0 Å². The molecule has 1 saturated heterocycles. The van der Waals surface area contributed by atoms with Crippen molar-refractivity contribution in [1.82, 2.24) is 14.9 Å². The number of methoxy groups -OCH3 is 1. The van der Waals surface area contributed by atoms with Crippen molar-refractivity contribution in [2.24, 2.45) is 0 Å². The first-order chi connectivity index (χ1) is 9.69. The molecule has 6 nitrogen and oxygen atoms in total. The first-order valence-corrected chi connectivity index (χ1v) is 7.07. The molecule has 1 aromatic heterocycles. The average Bonchev–Trinajstić information content (AvgIpc) is 2.45. The van der Waals surface area contributed by atoms with Gasteiger partial charge in [-0.3, -0.25) is 9.78 Å². The van der Waals surface area contributed by atoms with Gasteiger partial charge in [0.15, 0.2) is 0 Å². The average molecular weight is 299 g/mol. The number of piperidine rings is 1. The van der Waals surface area contributed by atoms with Crippen LogP contribution in [-0.4, -0.2) is 53.6 Å². The van der Waals surface area contributed by atoms with E-state index in [9.17, 15) is 4.79 Å². The fourth-order valence-corrected chi connectivity index (χ4v) is 2.39. The van der Waals surface area contributed by atoms with Crippen LogP contribution < -0.4 is 5.32 Å². The van der Waals surface area contributed by atoms with E-state index in [0.717, 1.165) is 25.9 Å². The summed E-state index contributed by atoms with van der Waals surface area (Å²) in [5.74, 6) is 0.842. The van der Waals surface area contributed by atoms with Crippen molar-refractivity contribution in [2.45, 2.75) is 25.3 Å². The van der Waals surface area contributed by atoms with Gasteiger partial charge in [0, 0.05) is 26.2 Å². The molecule has 0 bridgehead atoms. The Morgan fingerprint density at radius 1 is 1.50 bits per heavy atom. The van der Waals surface area contributed by atoms with Crippen LogP contribution in [0.5, 0.6) is 0 Å². The van der Waals surface area contributed by atoms with E-state index in [1.165, 1.54) is 6.20 Å². The Bertz CT molecular complexity index is 450. The van der Waals surface area contributed by atoms with Gasteiger partial charge in [0.05, 0.1) is 25.4 Å². The highest BCUT2D eigenvalue weighted by molar-refractivity contribution is 6.29. The Labute approximate surface area is 123 Å². The van der Waals surface area contributed by atoms with Crippen molar-refractivity contribution in [2.75, 3.05) is 32.1 Å². The molecule has 0 unspecified atom stereocenters. The highest BCUT2D eigenvalue weighted by Crippen LogP contribution is 2.16. The molecular weight excluding hydrogens is 280 g/mol. The van der Waals surface area contributed by atoms with Crippen LogP contribution in [0, 0.1) is 0 Å². The molecule has 1 N–H and O–H groups in total. The van der Waals surface area contributed by atoms with Gasteiger partial charge < -0.3 is 15.0 Å². The third kappa shape index (κ3) is 4.31. The third-order valence-corrected chi connectivity index (χ3v) is 3.51. The Kier molecular flexibility index (Phi) is 5.55. The van der Waals surface area contributed by atoms with Crippen molar-refractivity contribution in [3.05, 3.63) is 17.5 Å². The zero-order valence-electron chi connectivity index (χ0n) is 11.5. The van der Waals surface area contributed by atoms with Crippen LogP contribution in [-0.2, 0) is 9.53 Å². The molecule has 20 heavy (non-hydrogen) atoms. The highest BCUT2D eigenvalue weighted by atomic mass is 35.5. The second kappa shape index (κ2) is 7.40. The number of aromatic nitrogens is 2. The zero-order chi connectivity index (χ0) is 14.4. The van der Waals surface area contributed by atoms with E-state index in [2.05, 4.69) is 15.3 Å². The summed E-state index contributed by atoms with van der Waals surface area (Å²) in [6.07, 6.45) is 5.40. The van der Waals surface area contributed by atoms with Gasteiger partial charge in [-0.15, -0.1) is 0 Å². The number of halogens is 1. The first kappa shape index (κ1) is 15.0. The van der Waals surface area contributed by atoms with Gasteiger partial charge in [0.1, 0.15) is 11.0 Å². The lowest BCUT2D eigenvalue weighted by Crippen LogP contribution is -2.42. The normalized spacial score (nSPS) is 16.2. The van der Waals surface area contributed by atoms with E-state index in [4.69, 9.17) is 16.3 Å². The van der Waals surface area contributed by atoms with E-state index >= 15 is 0 Å². The molecule has 1 aliphatic rings. The number of likely N-dealkylation sites (tertiary alicyclic amines) is 1. The summed E-state index contributed by atoms with van der Waals surface area (Å²) >= 11 is 5.80. The minimum absolute atomic E-state index is 0.160. The molecule has 0 saturated carbocycles. The van der Waals surface area contributed by atoms with Crippen molar-refractivity contribution in [3.63, 3.8) is 0 Å². The smallest absolute Gasteiger partial charge is 0.224 e. The van der Waals surface area contributed by atoms with Crippen molar-refractivity contribution in [3.8, 4) is 0 Å². The number of carbonyl (C=O) groups is 1. The first-order valence-electron chi connectivity index (χ1n) is 6.70. The summed E-state index contributed by atoms with van der Waals surface area (Å²) < 4.78 is 4.93. The third-order valence-electron chi connectivity index (χ3n) is 3.32. The van der Waals surface area contributed by atoms with E-state index in [1.807, 2.05) is 4.90 Å². The summed E-state index contributed by atoms with van der Waals surface area (Å²) in [4.78, 5) is 21.9. The number of amides is 1. The van der Waals surface area contributed by atoms with E-state index in [0.29, 0.717) is 30.0 Å². The van der Waals surface area contributed by atoms with E-state index in [-0.39, 0.29) is 5.91 Å². The standard InChI is InChI=1S/C13H19ClN4O2/c1-20-7-4-13(19)18-5-2-10(3-6-18)16-12-9-15-8-11(14)17-12/h8-10H,2-7H2,1H3,(H,16,17). The van der Waals surface area contributed by atoms with Gasteiger partial charge in [0.2, 0.25) is 5.91 Å². The predicted molar refractivity (Wildman–Crippen MR) is 76.8 cm³/mol. The number of rotatable bonds is 5. The number of anilines is 1. The number of hydrogen-bond acceptors (Lipinski definition) is 5. The van der Waals surface area contributed by atoms with Crippen LogP contribution in [0.15, 0.2) is 12.4 Å². The van der Waals surface area contributed by atoms with Crippen LogP contribution >= 0.6 is 11.6 Å². The predicted octanol–water partition coefficient (Wildman–Crippen LogP) is 1.57. The second-order valence-electron chi connectivity index (χ2n) is 4.77. The molecule has 1 aliphatic heterocycles.